The van der Waals surface area contributed by atoms with E-state index in [2.05, 4.69) is 20.4 Å². The highest BCUT2D eigenvalue weighted by Gasteiger charge is 2.27. The molecule has 6 rings (SSSR count). The Labute approximate surface area is 338 Å². The van der Waals surface area contributed by atoms with Crippen molar-refractivity contribution >= 4 is 35.1 Å². The molecule has 2 heterocycles. The fourth-order valence-corrected chi connectivity index (χ4v) is 6.82. The van der Waals surface area contributed by atoms with Gasteiger partial charge in [0.15, 0.2) is 0 Å². The van der Waals surface area contributed by atoms with Crippen LogP contribution in [-0.4, -0.2) is 71.0 Å². The van der Waals surface area contributed by atoms with E-state index in [9.17, 15) is 19.8 Å². The molecule has 4 aromatic carbocycles. The van der Waals surface area contributed by atoms with E-state index < -0.39 is 23.8 Å². The molecule has 16 heteroatoms. The molecule has 0 fully saturated rings. The van der Waals surface area contributed by atoms with Crippen molar-refractivity contribution in [1.29, 1.82) is 0 Å². The molecule has 0 spiro atoms. The Balaban J connectivity index is 0.000000218. The monoisotopic (exact) mass is 818 g/mol. The van der Waals surface area contributed by atoms with E-state index in [4.69, 9.17) is 51.0 Å². The predicted molar refractivity (Wildman–Crippen MR) is 211 cm³/mol. The van der Waals surface area contributed by atoms with Crippen molar-refractivity contribution in [3.05, 3.63) is 117 Å². The number of aryl methyl sites for hydroxylation is 3. The molecule has 2 atom stereocenters. The van der Waals surface area contributed by atoms with Gasteiger partial charge in [0.05, 0.1) is 64.2 Å². The highest BCUT2D eigenvalue weighted by atomic mass is 35.5. The smallest absolute Gasteiger partial charge is 0.304 e. The summed E-state index contributed by atoms with van der Waals surface area (Å²) in [5.41, 5.74) is 5.16. The Morgan fingerprint density at radius 1 is 0.596 bits per heavy atom. The largest absolute Gasteiger partial charge is 0.496 e. The molecular weight excluding hydrogens is 779 g/mol. The molecule has 57 heavy (non-hydrogen) atoms. The summed E-state index contributed by atoms with van der Waals surface area (Å²) in [5, 5.41) is 35.3. The normalized spacial score (nSPS) is 11.9. The van der Waals surface area contributed by atoms with Crippen LogP contribution in [0.15, 0.2) is 75.6 Å². The van der Waals surface area contributed by atoms with Gasteiger partial charge in [0.1, 0.15) is 23.0 Å². The SMILES string of the molecule is COc1cc(C)cc(OC)c1-c1cc(Cl)cc(C(CC(=O)O)c2nnc(C)o2)c1.COc1cccc(OC)c1-c1cc(Cl)cc(C(CC(=O)O)c2nnc(C)o2)c1. The zero-order valence-corrected chi connectivity index (χ0v) is 33.6. The molecule has 2 aromatic heterocycles. The second kappa shape index (κ2) is 18.7. The van der Waals surface area contributed by atoms with Gasteiger partial charge in [-0.1, -0.05) is 29.3 Å². The van der Waals surface area contributed by atoms with E-state index in [1.165, 1.54) is 0 Å². The number of hydrogen-bond donors (Lipinski definition) is 2. The van der Waals surface area contributed by atoms with Crippen molar-refractivity contribution in [3.8, 4) is 45.3 Å². The van der Waals surface area contributed by atoms with E-state index in [1.807, 2.05) is 49.4 Å². The van der Waals surface area contributed by atoms with Crippen molar-refractivity contribution in [2.24, 2.45) is 0 Å². The maximum atomic E-state index is 11.5. The number of benzene rings is 4. The van der Waals surface area contributed by atoms with Crippen LogP contribution >= 0.6 is 23.2 Å². The average Bonchev–Trinajstić information content (AvgIpc) is 3.82. The van der Waals surface area contributed by atoms with Crippen molar-refractivity contribution in [2.75, 3.05) is 28.4 Å². The summed E-state index contributed by atoms with van der Waals surface area (Å²) in [5.74, 6) is 0.365. The van der Waals surface area contributed by atoms with Crippen LogP contribution in [0.1, 0.15) is 64.9 Å². The van der Waals surface area contributed by atoms with Crippen LogP contribution in [0.2, 0.25) is 10.0 Å². The summed E-state index contributed by atoms with van der Waals surface area (Å²) in [6, 6.07) is 19.9. The molecule has 298 valence electrons. The van der Waals surface area contributed by atoms with Gasteiger partial charge in [0.2, 0.25) is 23.6 Å². The van der Waals surface area contributed by atoms with Crippen LogP contribution in [0.25, 0.3) is 22.3 Å². The first-order chi connectivity index (χ1) is 27.2. The lowest BCUT2D eigenvalue weighted by Gasteiger charge is -2.17. The number of carboxylic acids is 2. The minimum Gasteiger partial charge on any atom is -0.496 e. The molecule has 0 bridgehead atoms. The fraction of sp³-hybridized carbons (Fsp3) is 0.268. The van der Waals surface area contributed by atoms with E-state index in [0.29, 0.717) is 61.5 Å². The molecule has 0 radical (unpaired) electrons. The molecule has 0 amide bonds. The third-order valence-electron chi connectivity index (χ3n) is 8.74. The molecule has 0 aliphatic carbocycles. The molecule has 0 aliphatic heterocycles. The van der Waals surface area contributed by atoms with Gasteiger partial charge in [0.25, 0.3) is 0 Å². The highest BCUT2D eigenvalue weighted by Crippen LogP contribution is 2.43. The number of hydrogen-bond acceptors (Lipinski definition) is 12. The summed E-state index contributed by atoms with van der Waals surface area (Å²) in [4.78, 5) is 22.9. The van der Waals surface area contributed by atoms with Gasteiger partial charge < -0.3 is 38.0 Å². The third-order valence-corrected chi connectivity index (χ3v) is 9.17. The van der Waals surface area contributed by atoms with Crippen molar-refractivity contribution in [3.63, 3.8) is 0 Å². The van der Waals surface area contributed by atoms with Crippen molar-refractivity contribution in [1.82, 2.24) is 20.4 Å². The van der Waals surface area contributed by atoms with Gasteiger partial charge in [-0.2, -0.15) is 0 Å². The summed E-state index contributed by atoms with van der Waals surface area (Å²) in [6.07, 6.45) is -0.436. The van der Waals surface area contributed by atoms with Crippen LogP contribution in [0.5, 0.6) is 23.0 Å². The lowest BCUT2D eigenvalue weighted by Crippen LogP contribution is -2.09. The number of carbonyl (C=O) groups is 2. The standard InChI is InChI=1S/C21H21ClN2O5.C20H19ClN2O5/c1-11-5-17(27-3)20(18(6-11)28-4)14-7-13(8-15(22)9-14)16(10-19(25)26)21-24-23-12(2)29-21;1-11-22-23-20(28-11)15(10-18(24)25)12-7-13(9-14(21)8-12)19-16(26-2)5-4-6-17(19)27-3/h5-9,16H,10H2,1-4H3,(H,25,26);4-9,15H,10H2,1-3H3,(H,24,25). The topological polar surface area (TPSA) is 189 Å². The Hall–Kier alpha value is -6.12. The molecule has 2 unspecified atom stereocenters. The molecule has 0 saturated heterocycles. The summed E-state index contributed by atoms with van der Waals surface area (Å²) < 4.78 is 33.1. The highest BCUT2D eigenvalue weighted by molar-refractivity contribution is 6.31. The van der Waals surface area contributed by atoms with Crippen LogP contribution < -0.4 is 18.9 Å². The number of nitrogens with zero attached hydrogens (tertiary/aromatic N) is 4. The number of ether oxygens (including phenoxy) is 4. The maximum Gasteiger partial charge on any atom is 0.304 e. The molecule has 0 aliphatic rings. The van der Waals surface area contributed by atoms with Crippen LogP contribution in [0.3, 0.4) is 0 Å². The van der Waals surface area contributed by atoms with E-state index in [0.717, 1.165) is 22.3 Å². The maximum absolute atomic E-state index is 11.5. The minimum absolute atomic E-state index is 0.218. The minimum atomic E-state index is -0.989. The van der Waals surface area contributed by atoms with Crippen LogP contribution in [0.4, 0.5) is 0 Å². The van der Waals surface area contributed by atoms with Crippen LogP contribution in [-0.2, 0) is 9.59 Å². The van der Waals surface area contributed by atoms with E-state index in [-0.39, 0.29) is 24.6 Å². The van der Waals surface area contributed by atoms with Gasteiger partial charge in [-0.15, -0.1) is 20.4 Å². The molecular formula is C41H40Cl2N4O10. The van der Waals surface area contributed by atoms with Crippen molar-refractivity contribution < 1.29 is 47.6 Å². The molecule has 6 aromatic rings. The average molecular weight is 820 g/mol. The molecule has 14 nitrogen and oxygen atoms in total. The zero-order valence-electron chi connectivity index (χ0n) is 32.1. The Kier molecular flexibility index (Phi) is 13.8. The lowest BCUT2D eigenvalue weighted by atomic mass is 9.91. The van der Waals surface area contributed by atoms with Crippen molar-refractivity contribution in [2.45, 2.75) is 45.4 Å². The van der Waals surface area contributed by atoms with Gasteiger partial charge in [-0.25, -0.2) is 0 Å². The lowest BCUT2D eigenvalue weighted by molar-refractivity contribution is -0.138. The quantitative estimate of drug-likeness (QED) is 0.106. The fourth-order valence-electron chi connectivity index (χ4n) is 6.33. The first-order valence-electron chi connectivity index (χ1n) is 17.3. The van der Waals surface area contributed by atoms with Gasteiger partial charge in [-0.05, 0) is 95.4 Å². The zero-order chi connectivity index (χ0) is 41.4. The summed E-state index contributed by atoms with van der Waals surface area (Å²) in [6.45, 7) is 5.25. The van der Waals surface area contributed by atoms with E-state index >= 15 is 0 Å². The second-order valence-electron chi connectivity index (χ2n) is 12.7. The first kappa shape index (κ1) is 42.0. The second-order valence-corrected chi connectivity index (χ2v) is 13.6. The Bertz CT molecular complexity index is 2330. The summed E-state index contributed by atoms with van der Waals surface area (Å²) in [7, 11) is 6.30. The Morgan fingerprint density at radius 3 is 1.32 bits per heavy atom. The number of methoxy groups -OCH3 is 4. The van der Waals surface area contributed by atoms with Gasteiger partial charge in [-0.3, -0.25) is 9.59 Å². The number of aromatic nitrogens is 4. The molecule has 0 saturated carbocycles. The third kappa shape index (κ3) is 10.2. The number of halogens is 2. The number of aliphatic carboxylic acids is 2. The van der Waals surface area contributed by atoms with Gasteiger partial charge >= 0.3 is 11.9 Å². The Morgan fingerprint density at radius 2 is 0.982 bits per heavy atom. The van der Waals surface area contributed by atoms with Gasteiger partial charge in [0, 0.05) is 23.9 Å². The number of rotatable bonds is 14. The van der Waals surface area contributed by atoms with Crippen LogP contribution in [0, 0.1) is 20.8 Å². The number of carboxylic acid groups (broad SMARTS) is 2. The molecule has 2 N–H and O–H groups in total. The first-order valence-corrected chi connectivity index (χ1v) is 18.1. The predicted octanol–water partition coefficient (Wildman–Crippen LogP) is 8.95. The summed E-state index contributed by atoms with van der Waals surface area (Å²) >= 11 is 12.8. The van der Waals surface area contributed by atoms with E-state index in [1.54, 1.807) is 66.6 Å².